The van der Waals surface area contributed by atoms with Crippen molar-refractivity contribution in [2.24, 2.45) is 10.9 Å². The lowest BCUT2D eigenvalue weighted by atomic mass is 9.88. The van der Waals surface area contributed by atoms with Crippen molar-refractivity contribution in [1.82, 2.24) is 15.8 Å². The zero-order valence-corrected chi connectivity index (χ0v) is 18.9. The third-order valence-corrected chi connectivity index (χ3v) is 5.53. The summed E-state index contributed by atoms with van der Waals surface area (Å²) in [5, 5.41) is 13.7. The zero-order chi connectivity index (χ0) is 22.1. The van der Waals surface area contributed by atoms with Gasteiger partial charge in [-0.2, -0.15) is 0 Å². The van der Waals surface area contributed by atoms with E-state index in [-0.39, 0.29) is 11.8 Å². The molecular weight excluding hydrogens is 390 g/mol. The molecule has 1 amide bonds. The van der Waals surface area contributed by atoms with Crippen LogP contribution >= 0.6 is 0 Å². The van der Waals surface area contributed by atoms with Crippen molar-refractivity contribution in [2.45, 2.75) is 71.9 Å². The van der Waals surface area contributed by atoms with Gasteiger partial charge in [0.15, 0.2) is 11.7 Å². The summed E-state index contributed by atoms with van der Waals surface area (Å²) < 4.78 is 5.38. The summed E-state index contributed by atoms with van der Waals surface area (Å²) in [5.74, 6) is 2.11. The fraction of sp³-hybridized carbons (Fsp3) is 0.542. The molecule has 0 saturated heterocycles. The average molecular weight is 426 g/mol. The highest BCUT2D eigenvalue weighted by Gasteiger charge is 2.21. The van der Waals surface area contributed by atoms with Gasteiger partial charge in [0.1, 0.15) is 0 Å². The van der Waals surface area contributed by atoms with E-state index in [0.717, 1.165) is 54.9 Å². The van der Waals surface area contributed by atoms with E-state index in [2.05, 4.69) is 39.9 Å². The molecule has 0 aliphatic heterocycles. The maximum Gasteiger partial charge on any atom is 0.227 e. The minimum absolute atomic E-state index is 0.142. The van der Waals surface area contributed by atoms with Gasteiger partial charge in [0.25, 0.3) is 0 Å². The number of hydrogen-bond donors (Lipinski definition) is 3. The van der Waals surface area contributed by atoms with Crippen molar-refractivity contribution in [2.75, 3.05) is 11.9 Å². The number of carbonyl (C=O) groups is 1. The standard InChI is InChI=1S/C24H35N5O2/c1-4-25-24(27-16-21-14-22(17(2)3)29-31-21)26-15-18-9-8-12-20(13-18)28-23(30)19-10-6-5-7-11-19/h8-9,12-14,17,19H,4-7,10-11,15-16H2,1-3H3,(H,28,30)(H2,25,26,27). The minimum Gasteiger partial charge on any atom is -0.359 e. The molecule has 0 bridgehead atoms. The molecule has 1 heterocycles. The van der Waals surface area contributed by atoms with Crippen LogP contribution < -0.4 is 16.0 Å². The number of aliphatic imine (C=N–C) groups is 1. The minimum atomic E-state index is 0.142. The average Bonchev–Trinajstić information content (AvgIpc) is 3.26. The van der Waals surface area contributed by atoms with E-state index in [4.69, 9.17) is 4.52 Å². The molecule has 0 atom stereocenters. The van der Waals surface area contributed by atoms with E-state index in [9.17, 15) is 4.79 Å². The third kappa shape index (κ3) is 7.12. The lowest BCUT2D eigenvalue weighted by Gasteiger charge is -2.20. The zero-order valence-electron chi connectivity index (χ0n) is 18.9. The van der Waals surface area contributed by atoms with Crippen molar-refractivity contribution in [3.05, 3.63) is 47.3 Å². The van der Waals surface area contributed by atoms with Crippen LogP contribution in [0.15, 0.2) is 39.8 Å². The van der Waals surface area contributed by atoms with E-state index in [1.54, 1.807) is 0 Å². The van der Waals surface area contributed by atoms with Crippen LogP contribution in [0.2, 0.25) is 0 Å². The van der Waals surface area contributed by atoms with Gasteiger partial charge in [-0.25, -0.2) is 4.99 Å². The molecule has 1 aromatic heterocycles. The monoisotopic (exact) mass is 425 g/mol. The van der Waals surface area contributed by atoms with Gasteiger partial charge in [-0.3, -0.25) is 4.79 Å². The van der Waals surface area contributed by atoms with Crippen LogP contribution in [-0.4, -0.2) is 23.6 Å². The molecule has 7 nitrogen and oxygen atoms in total. The number of amides is 1. The highest BCUT2D eigenvalue weighted by molar-refractivity contribution is 5.92. The number of carbonyl (C=O) groups excluding carboxylic acids is 1. The van der Waals surface area contributed by atoms with E-state index in [1.165, 1.54) is 6.42 Å². The molecule has 168 valence electrons. The number of hydrogen-bond acceptors (Lipinski definition) is 4. The Balaban J connectivity index is 1.56. The van der Waals surface area contributed by atoms with Crippen LogP contribution in [0, 0.1) is 5.92 Å². The van der Waals surface area contributed by atoms with Crippen molar-refractivity contribution in [1.29, 1.82) is 0 Å². The smallest absolute Gasteiger partial charge is 0.227 e. The van der Waals surface area contributed by atoms with E-state index in [0.29, 0.717) is 25.0 Å². The Morgan fingerprint density at radius 2 is 2.00 bits per heavy atom. The molecule has 1 fully saturated rings. The molecule has 1 aromatic carbocycles. The van der Waals surface area contributed by atoms with Crippen LogP contribution in [0.3, 0.4) is 0 Å². The number of guanidine groups is 1. The van der Waals surface area contributed by atoms with Gasteiger partial charge in [0, 0.05) is 24.2 Å². The number of rotatable bonds is 8. The Hall–Kier alpha value is -2.83. The number of anilines is 1. The maximum absolute atomic E-state index is 12.5. The van der Waals surface area contributed by atoms with Gasteiger partial charge in [0.05, 0.1) is 18.8 Å². The molecule has 3 rings (SSSR count). The van der Waals surface area contributed by atoms with E-state index >= 15 is 0 Å². The van der Waals surface area contributed by atoms with E-state index in [1.807, 2.05) is 37.3 Å². The van der Waals surface area contributed by atoms with Crippen molar-refractivity contribution >= 4 is 17.6 Å². The summed E-state index contributed by atoms with van der Waals surface area (Å²) >= 11 is 0. The molecule has 0 spiro atoms. The second-order valence-electron chi connectivity index (χ2n) is 8.45. The van der Waals surface area contributed by atoms with Crippen LogP contribution in [0.4, 0.5) is 5.69 Å². The Labute approximate surface area is 185 Å². The van der Waals surface area contributed by atoms with Gasteiger partial charge in [-0.05, 0) is 43.4 Å². The highest BCUT2D eigenvalue weighted by Crippen LogP contribution is 2.25. The molecule has 7 heteroatoms. The molecule has 3 N–H and O–H groups in total. The first kappa shape index (κ1) is 22.8. The van der Waals surface area contributed by atoms with Crippen LogP contribution in [-0.2, 0) is 17.9 Å². The Morgan fingerprint density at radius 3 is 2.71 bits per heavy atom. The Bertz CT molecular complexity index is 868. The fourth-order valence-corrected chi connectivity index (χ4v) is 3.72. The van der Waals surface area contributed by atoms with Crippen molar-refractivity contribution < 1.29 is 9.32 Å². The van der Waals surface area contributed by atoms with Crippen LogP contribution in [0.25, 0.3) is 0 Å². The molecular formula is C24H35N5O2. The van der Waals surface area contributed by atoms with Crippen LogP contribution in [0.5, 0.6) is 0 Å². The number of nitrogens with zero attached hydrogens (tertiary/aromatic N) is 2. The van der Waals surface area contributed by atoms with Crippen molar-refractivity contribution in [3.63, 3.8) is 0 Å². The first-order valence-electron chi connectivity index (χ1n) is 11.4. The fourth-order valence-electron chi connectivity index (χ4n) is 3.72. The predicted molar refractivity (Wildman–Crippen MR) is 124 cm³/mol. The predicted octanol–water partition coefficient (Wildman–Crippen LogP) is 4.57. The molecule has 31 heavy (non-hydrogen) atoms. The number of nitrogens with one attached hydrogen (secondary N) is 3. The largest absolute Gasteiger partial charge is 0.359 e. The van der Waals surface area contributed by atoms with Crippen LogP contribution in [0.1, 0.15) is 75.8 Å². The van der Waals surface area contributed by atoms with Gasteiger partial charge in [0.2, 0.25) is 5.91 Å². The van der Waals surface area contributed by atoms with Gasteiger partial charge in [-0.1, -0.05) is 50.4 Å². The summed E-state index contributed by atoms with van der Waals surface area (Å²) in [5.41, 5.74) is 2.83. The lowest BCUT2D eigenvalue weighted by Crippen LogP contribution is -2.36. The van der Waals surface area contributed by atoms with Crippen molar-refractivity contribution in [3.8, 4) is 0 Å². The molecule has 1 aliphatic carbocycles. The first-order valence-corrected chi connectivity index (χ1v) is 11.4. The first-order chi connectivity index (χ1) is 15.0. The third-order valence-electron chi connectivity index (χ3n) is 5.53. The second-order valence-corrected chi connectivity index (χ2v) is 8.45. The summed E-state index contributed by atoms with van der Waals surface area (Å²) in [6.07, 6.45) is 5.54. The Morgan fingerprint density at radius 1 is 1.19 bits per heavy atom. The molecule has 1 aliphatic rings. The quantitative estimate of drug-likeness (QED) is 0.426. The van der Waals surface area contributed by atoms with Gasteiger partial charge >= 0.3 is 0 Å². The number of aromatic nitrogens is 1. The lowest BCUT2D eigenvalue weighted by molar-refractivity contribution is -0.120. The van der Waals surface area contributed by atoms with Gasteiger partial charge < -0.3 is 20.5 Å². The summed E-state index contributed by atoms with van der Waals surface area (Å²) in [6, 6.07) is 9.89. The van der Waals surface area contributed by atoms with E-state index < -0.39 is 0 Å². The normalized spacial score (nSPS) is 15.2. The number of benzene rings is 1. The molecule has 1 saturated carbocycles. The second kappa shape index (κ2) is 11.5. The molecule has 0 radical (unpaired) electrons. The summed E-state index contributed by atoms with van der Waals surface area (Å²) in [7, 11) is 0. The highest BCUT2D eigenvalue weighted by atomic mass is 16.5. The topological polar surface area (TPSA) is 91.5 Å². The molecule has 2 aromatic rings. The van der Waals surface area contributed by atoms with Gasteiger partial charge in [-0.15, -0.1) is 0 Å². The molecule has 0 unspecified atom stereocenters. The summed E-state index contributed by atoms with van der Waals surface area (Å²) in [6.45, 7) is 8.00. The Kier molecular flexibility index (Phi) is 8.50. The SMILES string of the molecule is CCNC(=NCc1cccc(NC(=O)C2CCCCC2)c1)NCc1cc(C(C)C)no1. The maximum atomic E-state index is 12.5. The summed E-state index contributed by atoms with van der Waals surface area (Å²) in [4.78, 5) is 17.2.